The van der Waals surface area contributed by atoms with Crippen LogP contribution < -0.4 is 5.73 Å². The highest BCUT2D eigenvalue weighted by molar-refractivity contribution is 7.22. The number of rotatable bonds is 1. The highest BCUT2D eigenvalue weighted by Gasteiger charge is 2.11. The van der Waals surface area contributed by atoms with E-state index in [-0.39, 0.29) is 0 Å². The van der Waals surface area contributed by atoms with E-state index in [0.29, 0.717) is 0 Å². The first-order chi connectivity index (χ1) is 8.15. The molecule has 0 aliphatic carbocycles. The van der Waals surface area contributed by atoms with Crippen LogP contribution in [0.1, 0.15) is 5.56 Å². The van der Waals surface area contributed by atoms with Crippen LogP contribution in [0.3, 0.4) is 0 Å². The topological polar surface area (TPSA) is 43.8 Å². The predicted octanol–water partition coefficient (Wildman–Crippen LogP) is 3.19. The minimum absolute atomic E-state index is 0.732. The first-order valence-electron chi connectivity index (χ1n) is 5.43. The summed E-state index contributed by atoms with van der Waals surface area (Å²) in [5.41, 5.74) is 8.96. The van der Waals surface area contributed by atoms with Crippen molar-refractivity contribution in [2.24, 2.45) is 7.05 Å². The van der Waals surface area contributed by atoms with Gasteiger partial charge in [-0.05, 0) is 24.4 Å². The average Bonchev–Trinajstić information content (AvgIpc) is 2.81. The maximum atomic E-state index is 5.95. The monoisotopic (exact) mass is 243 g/mol. The molecule has 86 valence electrons. The molecule has 2 aromatic heterocycles. The fourth-order valence-corrected chi connectivity index (χ4v) is 3.18. The SMILES string of the molecule is Cc1ccc2sc(-c3c(N)cnn3C)cc2c1. The molecule has 0 aliphatic rings. The number of hydrogen-bond donors (Lipinski definition) is 1. The van der Waals surface area contributed by atoms with Crippen molar-refractivity contribution in [1.29, 1.82) is 0 Å². The number of aryl methyl sites for hydroxylation is 2. The molecule has 0 aliphatic heterocycles. The molecule has 0 fully saturated rings. The lowest BCUT2D eigenvalue weighted by Crippen LogP contribution is -1.93. The van der Waals surface area contributed by atoms with E-state index < -0.39 is 0 Å². The number of nitrogens with two attached hydrogens (primary N) is 1. The summed E-state index contributed by atoms with van der Waals surface area (Å²) in [6.07, 6.45) is 1.70. The summed E-state index contributed by atoms with van der Waals surface area (Å²) in [5.74, 6) is 0. The summed E-state index contributed by atoms with van der Waals surface area (Å²) in [6.45, 7) is 2.11. The van der Waals surface area contributed by atoms with Gasteiger partial charge < -0.3 is 5.73 Å². The number of nitrogen functional groups attached to an aromatic ring is 1. The number of fused-ring (bicyclic) bond motifs is 1. The van der Waals surface area contributed by atoms with Gasteiger partial charge in [-0.25, -0.2) is 0 Å². The molecule has 0 spiro atoms. The fraction of sp³-hybridized carbons (Fsp3) is 0.154. The average molecular weight is 243 g/mol. The van der Waals surface area contributed by atoms with Gasteiger partial charge in [-0.3, -0.25) is 4.68 Å². The Hall–Kier alpha value is -1.81. The van der Waals surface area contributed by atoms with Crippen LogP contribution in [0.5, 0.6) is 0 Å². The Morgan fingerprint density at radius 2 is 2.12 bits per heavy atom. The Labute approximate surface area is 103 Å². The Morgan fingerprint density at radius 3 is 2.82 bits per heavy atom. The van der Waals surface area contributed by atoms with Crippen LogP contribution in [-0.2, 0) is 7.05 Å². The molecule has 3 rings (SSSR count). The zero-order valence-electron chi connectivity index (χ0n) is 9.77. The summed E-state index contributed by atoms with van der Waals surface area (Å²) < 4.78 is 3.11. The Morgan fingerprint density at radius 1 is 1.29 bits per heavy atom. The molecule has 2 heterocycles. The largest absolute Gasteiger partial charge is 0.396 e. The molecule has 2 N–H and O–H groups in total. The molecular formula is C13H13N3S. The number of anilines is 1. The van der Waals surface area contributed by atoms with Crippen molar-refractivity contribution in [3.05, 3.63) is 36.0 Å². The summed E-state index contributed by atoms with van der Waals surface area (Å²) >= 11 is 1.75. The van der Waals surface area contributed by atoms with E-state index in [4.69, 9.17) is 5.73 Å². The molecule has 3 nitrogen and oxygen atoms in total. The maximum absolute atomic E-state index is 5.95. The molecule has 0 unspecified atom stereocenters. The normalized spacial score (nSPS) is 11.2. The van der Waals surface area contributed by atoms with Crippen molar-refractivity contribution in [2.45, 2.75) is 6.92 Å². The van der Waals surface area contributed by atoms with Gasteiger partial charge in [0.2, 0.25) is 0 Å². The van der Waals surface area contributed by atoms with E-state index in [0.717, 1.165) is 11.4 Å². The number of benzene rings is 1. The molecule has 1 aromatic carbocycles. The summed E-state index contributed by atoms with van der Waals surface area (Å²) in [5, 5.41) is 5.45. The van der Waals surface area contributed by atoms with Gasteiger partial charge in [-0.2, -0.15) is 5.10 Å². The molecule has 3 aromatic rings. The zero-order valence-corrected chi connectivity index (χ0v) is 10.6. The van der Waals surface area contributed by atoms with Crippen molar-refractivity contribution in [3.63, 3.8) is 0 Å². The van der Waals surface area contributed by atoms with Crippen LogP contribution in [0.2, 0.25) is 0 Å². The molecule has 4 heteroatoms. The minimum Gasteiger partial charge on any atom is -0.396 e. The van der Waals surface area contributed by atoms with E-state index in [1.807, 2.05) is 11.7 Å². The quantitative estimate of drug-likeness (QED) is 0.713. The van der Waals surface area contributed by atoms with Gasteiger partial charge in [0.25, 0.3) is 0 Å². The molecule has 0 bridgehead atoms. The van der Waals surface area contributed by atoms with Crippen LogP contribution in [0, 0.1) is 6.92 Å². The molecule has 0 amide bonds. The van der Waals surface area contributed by atoms with Crippen LogP contribution in [0.25, 0.3) is 20.7 Å². The lowest BCUT2D eigenvalue weighted by atomic mass is 10.2. The highest BCUT2D eigenvalue weighted by Crippen LogP contribution is 2.36. The number of thiophene rings is 1. The van der Waals surface area contributed by atoms with Crippen molar-refractivity contribution < 1.29 is 0 Å². The lowest BCUT2D eigenvalue weighted by molar-refractivity contribution is 0.777. The molecule has 0 saturated heterocycles. The molecule has 0 radical (unpaired) electrons. The van der Waals surface area contributed by atoms with Gasteiger partial charge in [0, 0.05) is 11.7 Å². The van der Waals surface area contributed by atoms with Crippen molar-refractivity contribution in [2.75, 3.05) is 5.73 Å². The highest BCUT2D eigenvalue weighted by atomic mass is 32.1. The van der Waals surface area contributed by atoms with Gasteiger partial charge in [0.05, 0.1) is 16.8 Å². The van der Waals surface area contributed by atoms with Gasteiger partial charge in [-0.1, -0.05) is 17.7 Å². The zero-order chi connectivity index (χ0) is 12.0. The van der Waals surface area contributed by atoms with Gasteiger partial charge >= 0.3 is 0 Å². The first kappa shape index (κ1) is 10.4. The predicted molar refractivity (Wildman–Crippen MR) is 73.2 cm³/mol. The second-order valence-electron chi connectivity index (χ2n) is 4.22. The summed E-state index contributed by atoms with van der Waals surface area (Å²) in [7, 11) is 1.92. The molecular weight excluding hydrogens is 230 g/mol. The third-order valence-corrected chi connectivity index (χ3v) is 4.00. The Kier molecular flexibility index (Phi) is 2.19. The standard InChI is InChI=1S/C13H13N3S/c1-8-3-4-11-9(5-8)6-12(17-11)13-10(14)7-15-16(13)2/h3-7H,14H2,1-2H3. The second kappa shape index (κ2) is 3.60. The van der Waals surface area contributed by atoms with Crippen molar-refractivity contribution in [1.82, 2.24) is 9.78 Å². The number of hydrogen-bond acceptors (Lipinski definition) is 3. The maximum Gasteiger partial charge on any atom is 0.101 e. The van der Waals surface area contributed by atoms with Gasteiger partial charge in [0.15, 0.2) is 0 Å². The third kappa shape index (κ3) is 1.61. The second-order valence-corrected chi connectivity index (χ2v) is 5.31. The Bertz CT molecular complexity index is 674. The van der Waals surface area contributed by atoms with Gasteiger partial charge in [0.1, 0.15) is 5.69 Å². The van der Waals surface area contributed by atoms with Gasteiger partial charge in [-0.15, -0.1) is 11.3 Å². The van der Waals surface area contributed by atoms with Crippen LogP contribution in [0.4, 0.5) is 5.69 Å². The number of aromatic nitrogens is 2. The summed E-state index contributed by atoms with van der Waals surface area (Å²) in [6, 6.07) is 8.67. The lowest BCUT2D eigenvalue weighted by Gasteiger charge is -1.98. The van der Waals surface area contributed by atoms with Crippen molar-refractivity contribution in [3.8, 4) is 10.6 Å². The van der Waals surface area contributed by atoms with E-state index in [1.165, 1.54) is 20.5 Å². The van der Waals surface area contributed by atoms with Crippen LogP contribution in [-0.4, -0.2) is 9.78 Å². The van der Waals surface area contributed by atoms with Crippen molar-refractivity contribution >= 4 is 27.1 Å². The van der Waals surface area contributed by atoms with Crippen LogP contribution >= 0.6 is 11.3 Å². The Balaban J connectivity index is 2.25. The van der Waals surface area contributed by atoms with E-state index in [9.17, 15) is 0 Å². The van der Waals surface area contributed by atoms with E-state index in [1.54, 1.807) is 17.5 Å². The fourth-order valence-electron chi connectivity index (χ4n) is 2.04. The molecule has 0 saturated carbocycles. The number of nitrogens with zero attached hydrogens (tertiary/aromatic N) is 2. The first-order valence-corrected chi connectivity index (χ1v) is 6.25. The minimum atomic E-state index is 0.732. The third-order valence-electron chi connectivity index (χ3n) is 2.87. The van der Waals surface area contributed by atoms with Crippen LogP contribution in [0.15, 0.2) is 30.5 Å². The van der Waals surface area contributed by atoms with E-state index >= 15 is 0 Å². The van der Waals surface area contributed by atoms with E-state index in [2.05, 4.69) is 36.3 Å². The molecule has 17 heavy (non-hydrogen) atoms. The smallest absolute Gasteiger partial charge is 0.101 e. The molecule has 0 atom stereocenters. The summed E-state index contributed by atoms with van der Waals surface area (Å²) in [4.78, 5) is 1.17.